The molecular weight excluding hydrogens is 411 g/mol. The highest BCUT2D eigenvalue weighted by Crippen LogP contribution is 2.26. The number of benzene rings is 1. The number of ether oxygens (including phenoxy) is 2. The van der Waals surface area contributed by atoms with Crippen LogP contribution in [0, 0.1) is 5.82 Å². The van der Waals surface area contributed by atoms with Crippen LogP contribution in [0.5, 0.6) is 0 Å². The van der Waals surface area contributed by atoms with Gasteiger partial charge in [0, 0.05) is 18.5 Å². The normalized spacial score (nSPS) is 13.5. The van der Waals surface area contributed by atoms with Crippen molar-refractivity contribution >= 4 is 34.6 Å². The molecule has 1 aliphatic heterocycles. The van der Waals surface area contributed by atoms with Gasteiger partial charge in [-0.25, -0.2) is 14.0 Å². The highest BCUT2D eigenvalue weighted by Gasteiger charge is 2.23. The number of carbonyl (C=O) groups excluding carboxylic acids is 2. The molecule has 1 saturated heterocycles. The van der Waals surface area contributed by atoms with E-state index in [4.69, 9.17) is 16.3 Å². The van der Waals surface area contributed by atoms with Gasteiger partial charge in [0.1, 0.15) is 17.1 Å². The monoisotopic (exact) mass is 442 g/mol. The molecule has 1 aromatic carbocycles. The summed E-state index contributed by atoms with van der Waals surface area (Å²) in [6, 6.07) is 4.14. The van der Waals surface area contributed by atoms with Crippen molar-refractivity contribution in [1.29, 1.82) is 0 Å². The topological polar surface area (TPSA) is 71.6 Å². The third-order valence-corrected chi connectivity index (χ3v) is 4.43. The van der Waals surface area contributed by atoms with Crippen molar-refractivity contribution in [3.05, 3.63) is 34.7 Å². The summed E-state index contributed by atoms with van der Waals surface area (Å²) in [5.74, 6) is -1.01. The first-order chi connectivity index (χ1) is 14.1. The van der Waals surface area contributed by atoms with Crippen LogP contribution < -0.4 is 0 Å². The van der Waals surface area contributed by atoms with Gasteiger partial charge in [0.15, 0.2) is 0 Å². The average molecular weight is 443 g/mol. The van der Waals surface area contributed by atoms with Crippen LogP contribution >= 0.6 is 11.6 Å². The van der Waals surface area contributed by atoms with Crippen LogP contribution in [0.2, 0.25) is 5.02 Å². The largest absolute Gasteiger partial charge is 0.464 e. The fraction of sp³-hybridized carbons (Fsp3) is 0.545. The molecule has 6 nitrogen and oxygen atoms in total. The van der Waals surface area contributed by atoms with Gasteiger partial charge in [-0.2, -0.15) is 0 Å². The quantitative estimate of drug-likeness (QED) is 0.535. The number of fused-ring (bicyclic) bond motifs is 1. The summed E-state index contributed by atoms with van der Waals surface area (Å²) in [6.45, 7) is 11.4. The Kier molecular flexibility index (Phi) is 10.1. The second kappa shape index (κ2) is 11.8. The molecule has 1 aromatic heterocycles. The number of halogens is 2. The van der Waals surface area contributed by atoms with Crippen LogP contribution in [0.1, 0.15) is 64.4 Å². The summed E-state index contributed by atoms with van der Waals surface area (Å²) in [4.78, 5) is 27.1. The third kappa shape index (κ3) is 7.52. The standard InChI is InChI=1S/C10H7ClFNO2.C10H19NO2.C2H6/c1-15-10(14)8-4-5-6(11)2-3-7(12)9(5)13-8;1-10(2,3)13-9(12)11-7-5-4-6-8-11;1-2/h2-4,13H,1H3;4-8H2,1-3H3;1-2H3. The van der Waals surface area contributed by atoms with Gasteiger partial charge in [-0.15, -0.1) is 0 Å². The molecule has 1 N–H and O–H groups in total. The van der Waals surface area contributed by atoms with E-state index in [1.54, 1.807) is 4.90 Å². The summed E-state index contributed by atoms with van der Waals surface area (Å²) in [7, 11) is 1.26. The van der Waals surface area contributed by atoms with E-state index in [1.165, 1.54) is 31.7 Å². The highest BCUT2D eigenvalue weighted by atomic mass is 35.5. The van der Waals surface area contributed by atoms with Gasteiger partial charge in [-0.05, 0) is 58.2 Å². The van der Waals surface area contributed by atoms with Crippen LogP contribution in [0.25, 0.3) is 10.9 Å². The zero-order chi connectivity index (χ0) is 22.9. The van der Waals surface area contributed by atoms with Crippen LogP contribution in [0.3, 0.4) is 0 Å². The maximum absolute atomic E-state index is 13.3. The lowest BCUT2D eigenvalue weighted by atomic mass is 10.1. The summed E-state index contributed by atoms with van der Waals surface area (Å²) >= 11 is 5.85. The van der Waals surface area contributed by atoms with Gasteiger partial charge < -0.3 is 19.4 Å². The number of likely N-dealkylation sites (tertiary alicyclic amines) is 1. The molecule has 0 aliphatic carbocycles. The second-order valence-corrected chi connectivity index (χ2v) is 7.93. The van der Waals surface area contributed by atoms with E-state index in [0.717, 1.165) is 25.9 Å². The molecule has 1 aliphatic rings. The minimum absolute atomic E-state index is 0.160. The van der Waals surface area contributed by atoms with Crippen molar-refractivity contribution in [1.82, 2.24) is 9.88 Å². The van der Waals surface area contributed by atoms with Crippen molar-refractivity contribution < 1.29 is 23.5 Å². The summed E-state index contributed by atoms with van der Waals surface area (Å²) in [5.41, 5.74) is 0.0246. The highest BCUT2D eigenvalue weighted by molar-refractivity contribution is 6.35. The first-order valence-electron chi connectivity index (χ1n) is 10.2. The Bertz CT molecular complexity index is 801. The molecule has 0 atom stereocenters. The van der Waals surface area contributed by atoms with Gasteiger partial charge in [-0.1, -0.05) is 25.4 Å². The molecule has 2 aromatic rings. The molecule has 30 heavy (non-hydrogen) atoms. The Morgan fingerprint density at radius 3 is 2.23 bits per heavy atom. The van der Waals surface area contributed by atoms with E-state index in [1.807, 2.05) is 34.6 Å². The molecule has 0 saturated carbocycles. The molecule has 1 fully saturated rings. The summed E-state index contributed by atoms with van der Waals surface area (Å²) in [6.07, 6.45) is 3.30. The third-order valence-electron chi connectivity index (χ3n) is 4.10. The van der Waals surface area contributed by atoms with E-state index in [9.17, 15) is 14.0 Å². The minimum atomic E-state index is -0.554. The second-order valence-electron chi connectivity index (χ2n) is 7.52. The number of esters is 1. The smallest absolute Gasteiger partial charge is 0.410 e. The molecule has 0 spiro atoms. The maximum atomic E-state index is 13.3. The Labute approximate surface area is 182 Å². The zero-order valence-corrected chi connectivity index (χ0v) is 19.4. The van der Waals surface area contributed by atoms with Gasteiger partial charge in [0.2, 0.25) is 0 Å². The van der Waals surface area contributed by atoms with E-state index in [2.05, 4.69) is 9.72 Å². The molecule has 8 heteroatoms. The molecule has 0 unspecified atom stereocenters. The minimum Gasteiger partial charge on any atom is -0.464 e. The number of piperidine rings is 1. The van der Waals surface area contributed by atoms with Crippen molar-refractivity contribution in [3.8, 4) is 0 Å². The van der Waals surface area contributed by atoms with Crippen molar-refractivity contribution in [2.24, 2.45) is 0 Å². The fourth-order valence-electron chi connectivity index (χ4n) is 2.77. The fourth-order valence-corrected chi connectivity index (χ4v) is 2.99. The number of carbonyl (C=O) groups is 2. The summed E-state index contributed by atoms with van der Waals surface area (Å²) in [5, 5.41) is 0.856. The first-order valence-corrected chi connectivity index (χ1v) is 10.5. The molecule has 168 valence electrons. The lowest BCUT2D eigenvalue weighted by molar-refractivity contribution is 0.0215. The number of nitrogens with zero attached hydrogens (tertiary/aromatic N) is 1. The predicted octanol–water partition coefficient (Wildman–Crippen LogP) is 6.18. The van der Waals surface area contributed by atoms with Crippen LogP contribution in [0.4, 0.5) is 9.18 Å². The van der Waals surface area contributed by atoms with Gasteiger partial charge >= 0.3 is 12.1 Å². The Morgan fingerprint density at radius 1 is 1.13 bits per heavy atom. The number of hydrogen-bond donors (Lipinski definition) is 1. The Hall–Kier alpha value is -2.28. The van der Waals surface area contributed by atoms with E-state index in [0.29, 0.717) is 10.4 Å². The van der Waals surface area contributed by atoms with E-state index < -0.39 is 11.8 Å². The van der Waals surface area contributed by atoms with Crippen molar-refractivity contribution in [2.45, 2.75) is 59.5 Å². The Morgan fingerprint density at radius 2 is 1.73 bits per heavy atom. The average Bonchev–Trinajstić information content (AvgIpc) is 3.18. The van der Waals surface area contributed by atoms with Crippen LogP contribution in [0.15, 0.2) is 18.2 Å². The number of methoxy groups -OCH3 is 1. The molecule has 2 heterocycles. The number of hydrogen-bond acceptors (Lipinski definition) is 4. The molecule has 0 radical (unpaired) electrons. The number of H-pyrrole nitrogens is 1. The van der Waals surface area contributed by atoms with Gasteiger partial charge in [0.05, 0.1) is 17.6 Å². The molecule has 1 amide bonds. The zero-order valence-electron chi connectivity index (χ0n) is 18.6. The van der Waals surface area contributed by atoms with E-state index in [-0.39, 0.29) is 22.9 Å². The van der Waals surface area contributed by atoms with E-state index >= 15 is 0 Å². The molecule has 3 rings (SSSR count). The van der Waals surface area contributed by atoms with Gasteiger partial charge in [0.25, 0.3) is 0 Å². The SMILES string of the molecule is CC.CC(C)(C)OC(=O)N1CCCCC1.COC(=O)c1cc2c(Cl)ccc(F)c2[nH]1. The maximum Gasteiger partial charge on any atom is 0.410 e. The number of aromatic amines is 1. The Balaban J connectivity index is 0.000000280. The number of nitrogens with one attached hydrogen (secondary N) is 1. The number of aromatic nitrogens is 1. The first kappa shape index (κ1) is 25.8. The van der Waals surface area contributed by atoms with Crippen LogP contribution in [-0.2, 0) is 9.47 Å². The molecular formula is C22H32ClFN2O4. The van der Waals surface area contributed by atoms with Crippen LogP contribution in [-0.4, -0.2) is 47.7 Å². The summed E-state index contributed by atoms with van der Waals surface area (Å²) < 4.78 is 23.1. The number of rotatable bonds is 1. The number of amides is 1. The predicted molar refractivity (Wildman–Crippen MR) is 118 cm³/mol. The lowest BCUT2D eigenvalue weighted by Gasteiger charge is -2.29. The van der Waals surface area contributed by atoms with Crippen molar-refractivity contribution in [3.63, 3.8) is 0 Å². The van der Waals surface area contributed by atoms with Crippen molar-refractivity contribution in [2.75, 3.05) is 20.2 Å². The lowest BCUT2D eigenvalue weighted by Crippen LogP contribution is -2.39. The molecule has 0 bridgehead atoms. The van der Waals surface area contributed by atoms with Gasteiger partial charge in [-0.3, -0.25) is 0 Å².